The molecular formula is C14H13N3O3. The molecule has 0 aliphatic rings. The van der Waals surface area contributed by atoms with Gasteiger partial charge in [0.1, 0.15) is 11.5 Å². The van der Waals surface area contributed by atoms with Gasteiger partial charge in [-0.1, -0.05) is 18.2 Å². The molecule has 6 nitrogen and oxygen atoms in total. The third-order valence-electron chi connectivity index (χ3n) is 2.61. The first-order valence-corrected chi connectivity index (χ1v) is 5.77. The molecule has 0 aromatic heterocycles. The fraction of sp³-hybridized carbons (Fsp3) is 0. The maximum atomic E-state index is 10.5. The summed E-state index contributed by atoms with van der Waals surface area (Å²) in [4.78, 5) is 10.5. The molecule has 2 aromatic carbocycles. The molecule has 0 radical (unpaired) electrons. The number of phenols is 2. The van der Waals surface area contributed by atoms with Crippen LogP contribution in [0.15, 0.2) is 47.6 Å². The van der Waals surface area contributed by atoms with Gasteiger partial charge in [-0.15, -0.1) is 0 Å². The number of carbonyl (C=O) groups excluding carboxylic acids is 1. The lowest BCUT2D eigenvalue weighted by atomic mass is 10.0. The van der Waals surface area contributed by atoms with Crippen molar-refractivity contribution in [3.05, 3.63) is 48.0 Å². The zero-order valence-corrected chi connectivity index (χ0v) is 10.4. The van der Waals surface area contributed by atoms with Crippen molar-refractivity contribution in [2.75, 3.05) is 0 Å². The number of primary amides is 1. The Morgan fingerprint density at radius 2 is 1.75 bits per heavy atom. The fourth-order valence-electron chi connectivity index (χ4n) is 1.66. The van der Waals surface area contributed by atoms with Crippen LogP contribution >= 0.6 is 0 Å². The van der Waals surface area contributed by atoms with Crippen molar-refractivity contribution in [1.29, 1.82) is 0 Å². The monoisotopic (exact) mass is 271 g/mol. The van der Waals surface area contributed by atoms with Crippen LogP contribution in [0.25, 0.3) is 11.1 Å². The van der Waals surface area contributed by atoms with Crippen molar-refractivity contribution in [2.24, 2.45) is 10.8 Å². The average molecular weight is 271 g/mol. The predicted molar refractivity (Wildman–Crippen MR) is 75.5 cm³/mol. The number of hydrazone groups is 1. The van der Waals surface area contributed by atoms with E-state index in [2.05, 4.69) is 10.5 Å². The molecule has 0 saturated heterocycles. The third-order valence-corrected chi connectivity index (χ3v) is 2.61. The second-order valence-corrected chi connectivity index (χ2v) is 4.05. The summed E-state index contributed by atoms with van der Waals surface area (Å²) >= 11 is 0. The van der Waals surface area contributed by atoms with Crippen LogP contribution in [0.1, 0.15) is 5.56 Å². The largest absolute Gasteiger partial charge is 0.508 e. The first-order valence-electron chi connectivity index (χ1n) is 5.77. The van der Waals surface area contributed by atoms with Crippen molar-refractivity contribution in [3.63, 3.8) is 0 Å². The number of hydrogen-bond donors (Lipinski definition) is 4. The maximum absolute atomic E-state index is 10.5. The molecule has 0 fully saturated rings. The van der Waals surface area contributed by atoms with E-state index < -0.39 is 6.03 Å². The van der Waals surface area contributed by atoms with Gasteiger partial charge in [-0.05, 0) is 35.4 Å². The maximum Gasteiger partial charge on any atom is 0.332 e. The van der Waals surface area contributed by atoms with Crippen LogP contribution in [0.4, 0.5) is 4.79 Å². The highest BCUT2D eigenvalue weighted by Gasteiger charge is 2.03. The minimum Gasteiger partial charge on any atom is -0.508 e. The molecule has 0 spiro atoms. The van der Waals surface area contributed by atoms with Crippen molar-refractivity contribution in [2.45, 2.75) is 0 Å². The molecule has 0 heterocycles. The van der Waals surface area contributed by atoms with Crippen LogP contribution in [0.3, 0.4) is 0 Å². The number of aromatic hydroxyl groups is 2. The Balaban J connectivity index is 2.30. The minimum absolute atomic E-state index is 0.0301. The molecule has 2 rings (SSSR count). The summed E-state index contributed by atoms with van der Waals surface area (Å²) in [7, 11) is 0. The van der Waals surface area contributed by atoms with E-state index in [4.69, 9.17) is 5.73 Å². The number of carbonyl (C=O) groups is 1. The smallest absolute Gasteiger partial charge is 0.332 e. The Morgan fingerprint density at radius 3 is 2.40 bits per heavy atom. The van der Waals surface area contributed by atoms with Gasteiger partial charge in [-0.3, -0.25) is 0 Å². The normalized spacial score (nSPS) is 10.6. The van der Waals surface area contributed by atoms with Gasteiger partial charge in [-0.2, -0.15) is 5.10 Å². The molecule has 0 unspecified atom stereocenters. The number of hydrogen-bond acceptors (Lipinski definition) is 4. The SMILES string of the molecule is NC(=O)N/N=C/c1cc(-c2ccc(O)cc2)ccc1O. The van der Waals surface area contributed by atoms with Gasteiger partial charge in [-0.25, -0.2) is 10.2 Å². The first-order chi connectivity index (χ1) is 9.56. The van der Waals surface area contributed by atoms with Gasteiger partial charge in [0.15, 0.2) is 0 Å². The molecule has 0 bridgehead atoms. The summed E-state index contributed by atoms with van der Waals surface area (Å²) in [6.07, 6.45) is 1.30. The van der Waals surface area contributed by atoms with Gasteiger partial charge in [0.2, 0.25) is 0 Å². The highest BCUT2D eigenvalue weighted by Crippen LogP contribution is 2.26. The Kier molecular flexibility index (Phi) is 3.85. The molecule has 5 N–H and O–H groups in total. The van der Waals surface area contributed by atoms with Crippen LogP contribution in [0.2, 0.25) is 0 Å². The summed E-state index contributed by atoms with van der Waals surface area (Å²) in [5, 5.41) is 22.6. The quantitative estimate of drug-likeness (QED) is 0.504. The van der Waals surface area contributed by atoms with Crippen LogP contribution in [-0.2, 0) is 0 Å². The van der Waals surface area contributed by atoms with E-state index in [1.165, 1.54) is 12.3 Å². The van der Waals surface area contributed by atoms with E-state index in [1.807, 2.05) is 0 Å². The zero-order valence-electron chi connectivity index (χ0n) is 10.4. The Hall–Kier alpha value is -3.02. The number of urea groups is 1. The molecule has 102 valence electrons. The van der Waals surface area contributed by atoms with E-state index in [-0.39, 0.29) is 11.5 Å². The molecule has 0 saturated carbocycles. The van der Waals surface area contributed by atoms with Gasteiger partial charge >= 0.3 is 6.03 Å². The zero-order chi connectivity index (χ0) is 14.5. The summed E-state index contributed by atoms with van der Waals surface area (Å²) in [6, 6.07) is 10.8. The standard InChI is InChI=1S/C14H13N3O3/c15-14(20)17-16-8-11-7-10(3-6-13(11)19)9-1-4-12(18)5-2-9/h1-8,18-19H,(H3,15,17,20)/b16-8+. The fourth-order valence-corrected chi connectivity index (χ4v) is 1.66. The van der Waals surface area contributed by atoms with E-state index in [1.54, 1.807) is 36.4 Å². The van der Waals surface area contributed by atoms with Crippen LogP contribution in [0.5, 0.6) is 11.5 Å². The van der Waals surface area contributed by atoms with E-state index >= 15 is 0 Å². The number of benzene rings is 2. The Bertz CT molecular complexity index is 651. The van der Waals surface area contributed by atoms with E-state index in [9.17, 15) is 15.0 Å². The number of rotatable bonds is 3. The number of nitrogens with one attached hydrogen (secondary N) is 1. The van der Waals surface area contributed by atoms with Gasteiger partial charge in [0.05, 0.1) is 6.21 Å². The molecule has 0 aliphatic carbocycles. The predicted octanol–water partition coefficient (Wildman–Crippen LogP) is 1.77. The topological polar surface area (TPSA) is 108 Å². The van der Waals surface area contributed by atoms with Crippen LogP contribution in [-0.4, -0.2) is 22.5 Å². The molecule has 2 amide bonds. The van der Waals surface area contributed by atoms with Crippen molar-refractivity contribution in [1.82, 2.24) is 5.43 Å². The van der Waals surface area contributed by atoms with Crippen molar-refractivity contribution >= 4 is 12.2 Å². The number of nitrogens with zero attached hydrogens (tertiary/aromatic N) is 1. The summed E-state index contributed by atoms with van der Waals surface area (Å²) < 4.78 is 0. The second kappa shape index (κ2) is 5.75. The minimum atomic E-state index is -0.782. The molecule has 0 aliphatic heterocycles. The lowest BCUT2D eigenvalue weighted by Gasteiger charge is -2.05. The van der Waals surface area contributed by atoms with Gasteiger partial charge in [0, 0.05) is 5.56 Å². The lowest BCUT2D eigenvalue weighted by molar-refractivity contribution is 0.249. The van der Waals surface area contributed by atoms with Gasteiger partial charge < -0.3 is 15.9 Å². The number of nitrogens with two attached hydrogens (primary N) is 1. The molecular weight excluding hydrogens is 258 g/mol. The molecule has 6 heteroatoms. The first kappa shape index (κ1) is 13.4. The Labute approximate surface area is 115 Å². The lowest BCUT2D eigenvalue weighted by Crippen LogP contribution is -2.24. The van der Waals surface area contributed by atoms with Crippen molar-refractivity contribution in [3.8, 4) is 22.6 Å². The van der Waals surface area contributed by atoms with Crippen LogP contribution in [0, 0.1) is 0 Å². The number of amides is 2. The third kappa shape index (κ3) is 3.26. The second-order valence-electron chi connectivity index (χ2n) is 4.05. The summed E-state index contributed by atoms with van der Waals surface area (Å²) in [6.45, 7) is 0. The van der Waals surface area contributed by atoms with Gasteiger partial charge in [0.25, 0.3) is 0 Å². The summed E-state index contributed by atoms with van der Waals surface area (Å²) in [5.74, 6) is 0.211. The van der Waals surface area contributed by atoms with E-state index in [0.717, 1.165) is 11.1 Å². The molecule has 0 atom stereocenters. The average Bonchev–Trinajstić information content (AvgIpc) is 2.41. The van der Waals surface area contributed by atoms with Crippen LogP contribution < -0.4 is 11.2 Å². The highest BCUT2D eigenvalue weighted by atomic mass is 16.3. The highest BCUT2D eigenvalue weighted by molar-refractivity contribution is 5.87. The summed E-state index contributed by atoms with van der Waals surface area (Å²) in [5.41, 5.74) is 9.08. The van der Waals surface area contributed by atoms with Crippen molar-refractivity contribution < 1.29 is 15.0 Å². The van der Waals surface area contributed by atoms with E-state index in [0.29, 0.717) is 5.56 Å². The Morgan fingerprint density at radius 1 is 1.10 bits per heavy atom. The number of phenolic OH excluding ortho intramolecular Hbond substituents is 2. The molecule has 2 aromatic rings. The molecule has 20 heavy (non-hydrogen) atoms.